The van der Waals surface area contributed by atoms with Crippen molar-refractivity contribution in [2.75, 3.05) is 5.32 Å². The third-order valence-corrected chi connectivity index (χ3v) is 6.13. The Morgan fingerprint density at radius 1 is 1.21 bits per heavy atom. The van der Waals surface area contributed by atoms with E-state index in [-0.39, 0.29) is 34.9 Å². The first-order valence-electron chi connectivity index (χ1n) is 8.97. The summed E-state index contributed by atoms with van der Waals surface area (Å²) in [4.78, 5) is 45.1. The molecule has 1 unspecified atom stereocenters. The van der Waals surface area contributed by atoms with Crippen LogP contribution in [0.5, 0.6) is 0 Å². The van der Waals surface area contributed by atoms with Gasteiger partial charge in [0.1, 0.15) is 0 Å². The molecular weight excluding hydrogens is 378 g/mol. The van der Waals surface area contributed by atoms with Crippen molar-refractivity contribution in [3.63, 3.8) is 0 Å². The minimum Gasteiger partial charge on any atom is -0.289 e. The van der Waals surface area contributed by atoms with Gasteiger partial charge in [-0.3, -0.25) is 24.6 Å². The summed E-state index contributed by atoms with van der Waals surface area (Å²) >= 11 is 1.49. The molecule has 8 nitrogen and oxygen atoms in total. The molecule has 0 radical (unpaired) electrons. The number of rotatable bonds is 4. The van der Waals surface area contributed by atoms with Gasteiger partial charge in [-0.05, 0) is 45.4 Å². The fraction of sp³-hybridized carbons (Fsp3) is 0.316. The van der Waals surface area contributed by atoms with Crippen molar-refractivity contribution in [1.29, 1.82) is 0 Å². The van der Waals surface area contributed by atoms with Crippen LogP contribution in [0, 0.1) is 13.8 Å². The average Bonchev–Trinajstić information content (AvgIpc) is 3.26. The summed E-state index contributed by atoms with van der Waals surface area (Å²) < 4.78 is 1.69. The molecule has 4 rings (SSSR count). The van der Waals surface area contributed by atoms with Crippen LogP contribution in [-0.4, -0.2) is 43.3 Å². The van der Waals surface area contributed by atoms with E-state index in [0.29, 0.717) is 16.9 Å². The first-order chi connectivity index (χ1) is 13.3. The van der Waals surface area contributed by atoms with Crippen molar-refractivity contribution in [2.45, 2.75) is 40.2 Å². The molecule has 3 amide bonds. The number of hydrogen-bond acceptors (Lipinski definition) is 6. The number of nitrogens with one attached hydrogen (secondary N) is 1. The number of thiazole rings is 1. The zero-order chi connectivity index (χ0) is 20.2. The second kappa shape index (κ2) is 6.52. The van der Waals surface area contributed by atoms with Gasteiger partial charge < -0.3 is 0 Å². The number of imide groups is 1. The van der Waals surface area contributed by atoms with Crippen LogP contribution < -0.4 is 5.32 Å². The summed E-state index contributed by atoms with van der Waals surface area (Å²) in [6, 6.07) is 4.33. The van der Waals surface area contributed by atoms with E-state index in [1.807, 2.05) is 27.7 Å². The van der Waals surface area contributed by atoms with E-state index in [0.717, 1.165) is 10.6 Å². The Hall–Kier alpha value is -3.07. The fourth-order valence-corrected chi connectivity index (χ4v) is 4.06. The molecule has 0 fully saturated rings. The van der Waals surface area contributed by atoms with Gasteiger partial charge in [0, 0.05) is 16.5 Å². The lowest BCUT2D eigenvalue weighted by atomic mass is 10.1. The molecule has 0 saturated heterocycles. The number of anilines is 1. The van der Waals surface area contributed by atoms with E-state index < -0.39 is 5.91 Å². The molecule has 0 spiro atoms. The number of hydrogen-bond donors (Lipinski definition) is 1. The van der Waals surface area contributed by atoms with Crippen molar-refractivity contribution in [3.8, 4) is 0 Å². The highest BCUT2D eigenvalue weighted by Crippen LogP contribution is 2.27. The van der Waals surface area contributed by atoms with Gasteiger partial charge in [-0.1, -0.05) is 18.3 Å². The summed E-state index contributed by atoms with van der Waals surface area (Å²) in [5, 5.41) is 6.96. The highest BCUT2D eigenvalue weighted by Gasteiger charge is 2.38. The monoisotopic (exact) mass is 397 g/mol. The molecule has 28 heavy (non-hydrogen) atoms. The smallest absolute Gasteiger partial charge is 0.261 e. The largest absolute Gasteiger partial charge is 0.289 e. The number of aromatic nitrogens is 3. The van der Waals surface area contributed by atoms with Crippen LogP contribution in [0.15, 0.2) is 18.2 Å². The van der Waals surface area contributed by atoms with Crippen molar-refractivity contribution in [2.24, 2.45) is 0 Å². The molecule has 144 valence electrons. The molecule has 3 heterocycles. The second-order valence-corrected chi connectivity index (χ2v) is 8.01. The van der Waals surface area contributed by atoms with Crippen LogP contribution in [0.2, 0.25) is 0 Å². The number of fused-ring (bicyclic) bond motifs is 2. The maximum Gasteiger partial charge on any atom is 0.261 e. The zero-order valence-corrected chi connectivity index (χ0v) is 16.8. The predicted octanol–water partition coefficient (Wildman–Crippen LogP) is 3.05. The highest BCUT2D eigenvalue weighted by molar-refractivity contribution is 7.17. The van der Waals surface area contributed by atoms with Crippen molar-refractivity contribution < 1.29 is 14.4 Å². The molecule has 0 aliphatic carbocycles. The van der Waals surface area contributed by atoms with E-state index >= 15 is 0 Å². The molecule has 1 aromatic carbocycles. The topological polar surface area (TPSA) is 96.7 Å². The normalized spacial score (nSPS) is 14.6. The summed E-state index contributed by atoms with van der Waals surface area (Å²) in [5.74, 6) is -0.917. The fourth-order valence-electron chi connectivity index (χ4n) is 3.15. The highest BCUT2D eigenvalue weighted by atomic mass is 32.1. The SMILES string of the molecule is CCC(C)N1C(=O)c2ccc(C(=O)Nc3nc4sc(C)c(C)n4n3)cc2C1=O. The predicted molar refractivity (Wildman–Crippen MR) is 105 cm³/mol. The lowest BCUT2D eigenvalue weighted by Gasteiger charge is -2.20. The minimum absolute atomic E-state index is 0.195. The Labute approximate surface area is 165 Å². The molecule has 1 aliphatic rings. The van der Waals surface area contributed by atoms with E-state index in [1.165, 1.54) is 34.4 Å². The number of benzene rings is 1. The van der Waals surface area contributed by atoms with Crippen LogP contribution in [-0.2, 0) is 0 Å². The Morgan fingerprint density at radius 3 is 2.61 bits per heavy atom. The third-order valence-electron chi connectivity index (χ3n) is 5.09. The Bertz CT molecular complexity index is 1150. The summed E-state index contributed by atoms with van der Waals surface area (Å²) in [6.07, 6.45) is 0.667. The van der Waals surface area contributed by atoms with Crippen molar-refractivity contribution in [1.82, 2.24) is 19.5 Å². The molecule has 0 bridgehead atoms. The average molecular weight is 397 g/mol. The van der Waals surface area contributed by atoms with Crippen LogP contribution in [0.4, 0.5) is 5.95 Å². The van der Waals surface area contributed by atoms with Gasteiger partial charge in [0.2, 0.25) is 4.96 Å². The van der Waals surface area contributed by atoms with E-state index in [2.05, 4.69) is 15.4 Å². The first-order valence-corrected chi connectivity index (χ1v) is 9.79. The summed E-state index contributed by atoms with van der Waals surface area (Å²) in [6.45, 7) is 7.67. The molecule has 1 N–H and O–H groups in total. The molecule has 2 aromatic heterocycles. The molecule has 1 aliphatic heterocycles. The van der Waals surface area contributed by atoms with E-state index in [9.17, 15) is 14.4 Å². The van der Waals surface area contributed by atoms with Gasteiger partial charge in [-0.2, -0.15) is 4.98 Å². The van der Waals surface area contributed by atoms with Crippen molar-refractivity contribution in [3.05, 3.63) is 45.5 Å². The molecule has 1 atom stereocenters. The van der Waals surface area contributed by atoms with E-state index in [1.54, 1.807) is 4.52 Å². The Balaban J connectivity index is 1.60. The number of carbonyl (C=O) groups excluding carboxylic acids is 3. The number of carbonyl (C=O) groups is 3. The maximum atomic E-state index is 12.6. The van der Waals surface area contributed by atoms with E-state index in [4.69, 9.17) is 0 Å². The van der Waals surface area contributed by atoms with Crippen molar-refractivity contribution >= 4 is 40.0 Å². The molecular formula is C19H19N5O3S. The number of amides is 3. The first kappa shape index (κ1) is 18.3. The Kier molecular flexibility index (Phi) is 4.26. The Morgan fingerprint density at radius 2 is 1.93 bits per heavy atom. The van der Waals surface area contributed by atoms with Gasteiger partial charge in [0.25, 0.3) is 23.7 Å². The lowest BCUT2D eigenvalue weighted by Crippen LogP contribution is -2.37. The summed E-state index contributed by atoms with van der Waals surface area (Å²) in [7, 11) is 0. The molecule has 3 aromatic rings. The van der Waals surface area contributed by atoms with Gasteiger partial charge in [-0.25, -0.2) is 4.52 Å². The second-order valence-electron chi connectivity index (χ2n) is 6.83. The van der Waals surface area contributed by atoms with Gasteiger partial charge in [0.15, 0.2) is 0 Å². The quantitative estimate of drug-likeness (QED) is 0.683. The number of nitrogens with zero attached hydrogens (tertiary/aromatic N) is 4. The molecule has 9 heteroatoms. The maximum absolute atomic E-state index is 12.6. The standard InChI is InChI=1S/C19H19N5O3S/c1-5-9(2)23-16(26)13-7-6-12(8-14(13)17(23)27)15(25)20-18-21-19-24(22-18)10(3)11(4)28-19/h6-9H,5H2,1-4H3,(H,20,22,25). The lowest BCUT2D eigenvalue weighted by molar-refractivity contribution is 0.0593. The van der Waals surface area contributed by atoms with Gasteiger partial charge in [-0.15, -0.1) is 5.10 Å². The van der Waals surface area contributed by atoms with Crippen LogP contribution in [0.1, 0.15) is 61.9 Å². The van der Waals surface area contributed by atoms with Gasteiger partial charge >= 0.3 is 0 Å². The minimum atomic E-state index is -0.433. The third kappa shape index (κ3) is 2.70. The van der Waals surface area contributed by atoms with Gasteiger partial charge in [0.05, 0.1) is 16.8 Å². The van der Waals surface area contributed by atoms with Crippen LogP contribution >= 0.6 is 11.3 Å². The molecule has 0 saturated carbocycles. The summed E-state index contributed by atoms with van der Waals surface area (Å²) in [5.41, 5.74) is 1.83. The van der Waals surface area contributed by atoms with Crippen LogP contribution in [0.3, 0.4) is 0 Å². The number of aryl methyl sites for hydroxylation is 2. The van der Waals surface area contributed by atoms with Crippen LogP contribution in [0.25, 0.3) is 4.96 Å². The zero-order valence-electron chi connectivity index (χ0n) is 15.9.